The molecule has 0 aliphatic heterocycles. The number of nitrogens with zero attached hydrogens (tertiary/aromatic N) is 2. The third-order valence-electron chi connectivity index (χ3n) is 1.03. The van der Waals surface area contributed by atoms with Crippen molar-refractivity contribution < 1.29 is 20.4 Å². The molecule has 0 bridgehead atoms. The zero-order valence-corrected chi connectivity index (χ0v) is 10.4. The van der Waals surface area contributed by atoms with Crippen LogP contribution in [0.3, 0.4) is 0 Å². The van der Waals surface area contributed by atoms with Gasteiger partial charge in [0, 0.05) is 20.4 Å². The van der Waals surface area contributed by atoms with Gasteiger partial charge < -0.3 is 24.8 Å². The van der Waals surface area contributed by atoms with Crippen LogP contribution in [0.25, 0.3) is 0 Å². The Morgan fingerprint density at radius 1 is 0.667 bits per heavy atom. The van der Waals surface area contributed by atoms with E-state index in [1.165, 1.54) is 0 Å². The summed E-state index contributed by atoms with van der Waals surface area (Å²) in [5.41, 5.74) is 0. The van der Waals surface area contributed by atoms with E-state index in [2.05, 4.69) is 22.4 Å². The van der Waals surface area contributed by atoms with E-state index in [0.29, 0.717) is 0 Å². The SMILES string of the molecule is [CH3-].[CH3-].[Pd].[c-]1ccccn1.[c-]1ccccn1. The summed E-state index contributed by atoms with van der Waals surface area (Å²) >= 11 is 0. The maximum absolute atomic E-state index is 3.66. The van der Waals surface area contributed by atoms with E-state index in [-0.39, 0.29) is 35.3 Å². The Balaban J connectivity index is -0.000000160. The van der Waals surface area contributed by atoms with Crippen LogP contribution in [0.2, 0.25) is 0 Å². The van der Waals surface area contributed by atoms with Crippen LogP contribution in [0.4, 0.5) is 0 Å². The zero-order chi connectivity index (χ0) is 8.49. The molecule has 15 heavy (non-hydrogen) atoms. The van der Waals surface area contributed by atoms with Gasteiger partial charge in [-0.25, -0.2) is 0 Å². The molecule has 2 rings (SSSR count). The molecule has 0 saturated carbocycles. The monoisotopic (exact) mass is 292 g/mol. The summed E-state index contributed by atoms with van der Waals surface area (Å²) in [7, 11) is 0. The van der Waals surface area contributed by atoms with Gasteiger partial charge in [0.25, 0.3) is 0 Å². The summed E-state index contributed by atoms with van der Waals surface area (Å²) in [6.07, 6.45) is 8.67. The zero-order valence-electron chi connectivity index (χ0n) is 8.83. The second kappa shape index (κ2) is 15.4. The Hall–Kier alpha value is -1.04. The van der Waals surface area contributed by atoms with E-state index in [9.17, 15) is 0 Å². The first-order chi connectivity index (χ1) is 6.00. The third kappa shape index (κ3) is 13.0. The van der Waals surface area contributed by atoms with Gasteiger partial charge in [0.15, 0.2) is 0 Å². The van der Waals surface area contributed by atoms with Crippen LogP contribution in [-0.2, 0) is 20.4 Å². The van der Waals surface area contributed by atoms with Crippen molar-refractivity contribution in [3.63, 3.8) is 0 Å². The van der Waals surface area contributed by atoms with Crippen molar-refractivity contribution in [1.29, 1.82) is 0 Å². The molecule has 0 spiro atoms. The van der Waals surface area contributed by atoms with Gasteiger partial charge in [0.1, 0.15) is 0 Å². The summed E-state index contributed by atoms with van der Waals surface area (Å²) in [6.45, 7) is 0. The number of pyridine rings is 2. The predicted octanol–water partition coefficient (Wildman–Crippen LogP) is 2.66. The van der Waals surface area contributed by atoms with Crippen LogP contribution in [0, 0.1) is 27.2 Å². The molecule has 0 N–H and O–H groups in total. The number of rotatable bonds is 0. The van der Waals surface area contributed by atoms with E-state index in [1.807, 2.05) is 24.3 Å². The van der Waals surface area contributed by atoms with Gasteiger partial charge in [-0.3, -0.25) is 0 Å². The van der Waals surface area contributed by atoms with Gasteiger partial charge >= 0.3 is 0 Å². The molecule has 2 heterocycles. The van der Waals surface area contributed by atoms with Gasteiger partial charge in [-0.1, -0.05) is 24.8 Å². The van der Waals surface area contributed by atoms with Crippen molar-refractivity contribution in [2.45, 2.75) is 0 Å². The van der Waals surface area contributed by atoms with E-state index >= 15 is 0 Å². The summed E-state index contributed by atoms with van der Waals surface area (Å²) < 4.78 is 0. The van der Waals surface area contributed by atoms with Gasteiger partial charge in [0.2, 0.25) is 0 Å². The topological polar surface area (TPSA) is 25.8 Å². The molecule has 0 atom stereocenters. The molecular formula is C12H14N2Pd-4. The summed E-state index contributed by atoms with van der Waals surface area (Å²) in [6, 6.07) is 11.0. The van der Waals surface area contributed by atoms with Gasteiger partial charge in [-0.2, -0.15) is 36.4 Å². The smallest absolute Gasteiger partial charge is 0 e. The Labute approximate surface area is 106 Å². The fourth-order valence-electron chi connectivity index (χ4n) is 0.555. The van der Waals surface area contributed by atoms with Gasteiger partial charge in [0.05, 0.1) is 0 Å². The van der Waals surface area contributed by atoms with E-state index in [4.69, 9.17) is 0 Å². The Morgan fingerprint density at radius 2 is 1.07 bits per heavy atom. The summed E-state index contributed by atoms with van der Waals surface area (Å²) in [4.78, 5) is 7.32. The normalized spacial score (nSPS) is 6.40. The van der Waals surface area contributed by atoms with Crippen molar-refractivity contribution in [3.8, 4) is 0 Å². The molecule has 0 aliphatic carbocycles. The first kappa shape index (κ1) is 19.5. The van der Waals surface area contributed by atoms with Crippen LogP contribution in [-0.4, -0.2) is 9.97 Å². The van der Waals surface area contributed by atoms with Crippen molar-refractivity contribution in [2.24, 2.45) is 0 Å². The average molecular weight is 293 g/mol. The maximum atomic E-state index is 3.66. The maximum Gasteiger partial charge on any atom is 0 e. The van der Waals surface area contributed by atoms with Crippen LogP contribution in [0.15, 0.2) is 48.8 Å². The van der Waals surface area contributed by atoms with E-state index < -0.39 is 0 Å². The second-order valence-electron chi connectivity index (χ2n) is 1.92. The quantitative estimate of drug-likeness (QED) is 0.551. The molecule has 2 aromatic rings. The van der Waals surface area contributed by atoms with Crippen LogP contribution in [0.1, 0.15) is 0 Å². The molecule has 0 aromatic carbocycles. The molecule has 2 aromatic heterocycles. The molecule has 0 saturated heterocycles. The minimum absolute atomic E-state index is 0. The molecule has 0 amide bonds. The first-order valence-corrected chi connectivity index (χ1v) is 3.54. The molecule has 0 aliphatic rings. The van der Waals surface area contributed by atoms with E-state index in [0.717, 1.165) is 0 Å². The Bertz CT molecular complexity index is 189. The van der Waals surface area contributed by atoms with Crippen LogP contribution in [0.5, 0.6) is 0 Å². The second-order valence-corrected chi connectivity index (χ2v) is 1.92. The number of aromatic nitrogens is 2. The Kier molecular flexibility index (Phi) is 20.1. The van der Waals surface area contributed by atoms with Gasteiger partial charge in [-0.05, 0) is 0 Å². The molecule has 0 unspecified atom stereocenters. The fourth-order valence-corrected chi connectivity index (χ4v) is 0.555. The fraction of sp³-hybridized carbons (Fsp3) is 0. The number of hydrogen-bond acceptors (Lipinski definition) is 2. The molecule has 86 valence electrons. The predicted molar refractivity (Wildman–Crippen MR) is 59.0 cm³/mol. The van der Waals surface area contributed by atoms with Gasteiger partial charge in [-0.15, -0.1) is 0 Å². The summed E-state index contributed by atoms with van der Waals surface area (Å²) in [5.74, 6) is 0. The van der Waals surface area contributed by atoms with Crippen molar-refractivity contribution in [2.75, 3.05) is 0 Å². The minimum atomic E-state index is 0. The molecule has 0 fully saturated rings. The average Bonchev–Trinajstić information content (AvgIpc) is 2.24. The standard InChI is InChI=1S/2C5H4N.2CH3.Pd/c2*1-2-4-6-5-3-1;;;/h2*1-4H;2*1H3;/q4*-1;. The summed E-state index contributed by atoms with van der Waals surface area (Å²) in [5, 5.41) is 0. The largest absolute Gasteiger partial charge is 0.394 e. The molecular weight excluding hydrogens is 279 g/mol. The van der Waals surface area contributed by atoms with E-state index in [1.54, 1.807) is 24.5 Å². The molecule has 2 nitrogen and oxygen atoms in total. The first-order valence-electron chi connectivity index (χ1n) is 3.54. The van der Waals surface area contributed by atoms with Crippen molar-refractivity contribution in [1.82, 2.24) is 9.97 Å². The van der Waals surface area contributed by atoms with Crippen LogP contribution >= 0.6 is 0 Å². The Morgan fingerprint density at radius 3 is 1.13 bits per heavy atom. The van der Waals surface area contributed by atoms with Crippen molar-refractivity contribution >= 4 is 0 Å². The molecule has 0 radical (unpaired) electrons. The minimum Gasteiger partial charge on any atom is -0.394 e. The van der Waals surface area contributed by atoms with Crippen molar-refractivity contribution in [3.05, 3.63) is 76.0 Å². The van der Waals surface area contributed by atoms with Crippen LogP contribution < -0.4 is 0 Å². The third-order valence-corrected chi connectivity index (χ3v) is 1.03. The number of hydrogen-bond donors (Lipinski definition) is 0. The molecule has 3 heteroatoms.